The molecule has 0 aromatic rings. The number of halogens is 3. The number of nitrogens with one attached hydrogen (secondary N) is 1. The van der Waals surface area contributed by atoms with Gasteiger partial charge in [0.1, 0.15) is 0 Å². The summed E-state index contributed by atoms with van der Waals surface area (Å²) in [5.41, 5.74) is 0. The second kappa shape index (κ2) is 7.06. The molecule has 0 fully saturated rings. The minimum absolute atomic E-state index is 0.248. The Bertz CT molecular complexity index is 137. The molecule has 86 valence electrons. The van der Waals surface area contributed by atoms with Crippen molar-refractivity contribution < 1.29 is 17.9 Å². The highest BCUT2D eigenvalue weighted by Crippen LogP contribution is 2.15. The molecule has 0 aromatic heterocycles. The van der Waals surface area contributed by atoms with Crippen LogP contribution in [-0.2, 0) is 4.74 Å². The molecule has 0 atom stereocenters. The lowest BCUT2D eigenvalue weighted by Gasteiger charge is -2.08. The first-order chi connectivity index (χ1) is 6.42. The minimum atomic E-state index is -4.50. The van der Waals surface area contributed by atoms with Crippen molar-refractivity contribution in [1.29, 1.82) is 0 Å². The first kappa shape index (κ1) is 13.7. The standard InChI is InChI=1S/C9H18F3NO/c1-8(2)4-3-5-13-6-7-14-9(10,11)12/h8,13H,3-7H2,1-2H3. The predicted octanol–water partition coefficient (Wildman–Crippen LogP) is 2.55. The van der Waals surface area contributed by atoms with E-state index in [-0.39, 0.29) is 13.2 Å². The lowest BCUT2D eigenvalue weighted by molar-refractivity contribution is -0.323. The van der Waals surface area contributed by atoms with Crippen LogP contribution in [0.5, 0.6) is 0 Å². The second-order valence-corrected chi connectivity index (χ2v) is 3.58. The topological polar surface area (TPSA) is 21.3 Å². The Labute approximate surface area is 82.8 Å². The highest BCUT2D eigenvalue weighted by Gasteiger charge is 2.28. The van der Waals surface area contributed by atoms with Gasteiger partial charge in [-0.15, -0.1) is 13.2 Å². The van der Waals surface area contributed by atoms with E-state index in [1.165, 1.54) is 0 Å². The Morgan fingerprint density at radius 3 is 2.36 bits per heavy atom. The summed E-state index contributed by atoms with van der Waals surface area (Å²) in [7, 11) is 0. The molecular weight excluding hydrogens is 195 g/mol. The summed E-state index contributed by atoms with van der Waals surface area (Å²) in [4.78, 5) is 0. The monoisotopic (exact) mass is 213 g/mol. The maximum atomic E-state index is 11.5. The van der Waals surface area contributed by atoms with Gasteiger partial charge in [0.05, 0.1) is 6.61 Å². The van der Waals surface area contributed by atoms with Gasteiger partial charge in [0.2, 0.25) is 0 Å². The van der Waals surface area contributed by atoms with Crippen LogP contribution >= 0.6 is 0 Å². The molecule has 0 bridgehead atoms. The van der Waals surface area contributed by atoms with E-state index in [9.17, 15) is 13.2 Å². The third-order valence-electron chi connectivity index (χ3n) is 1.68. The molecule has 0 saturated carbocycles. The maximum Gasteiger partial charge on any atom is 0.522 e. The van der Waals surface area contributed by atoms with Crippen LogP contribution in [0, 0.1) is 5.92 Å². The number of rotatable bonds is 7. The number of alkyl halides is 3. The third kappa shape index (κ3) is 11.7. The summed E-state index contributed by atoms with van der Waals surface area (Å²) < 4.78 is 38.1. The first-order valence-electron chi connectivity index (χ1n) is 4.83. The second-order valence-electron chi connectivity index (χ2n) is 3.58. The van der Waals surface area contributed by atoms with Gasteiger partial charge in [-0.1, -0.05) is 13.8 Å². The molecule has 0 spiro atoms. The Kier molecular flexibility index (Phi) is 6.92. The molecule has 0 aliphatic heterocycles. The van der Waals surface area contributed by atoms with Gasteiger partial charge in [-0.3, -0.25) is 4.74 Å². The van der Waals surface area contributed by atoms with E-state index in [0.717, 1.165) is 19.4 Å². The Morgan fingerprint density at radius 1 is 1.21 bits per heavy atom. The van der Waals surface area contributed by atoms with Gasteiger partial charge < -0.3 is 5.32 Å². The van der Waals surface area contributed by atoms with Gasteiger partial charge in [-0.25, -0.2) is 0 Å². The van der Waals surface area contributed by atoms with E-state index in [1.807, 2.05) is 0 Å². The van der Waals surface area contributed by atoms with E-state index in [2.05, 4.69) is 23.9 Å². The van der Waals surface area contributed by atoms with Crippen molar-refractivity contribution in [3.05, 3.63) is 0 Å². The maximum absolute atomic E-state index is 11.5. The number of ether oxygens (including phenoxy) is 1. The van der Waals surface area contributed by atoms with E-state index in [0.29, 0.717) is 5.92 Å². The van der Waals surface area contributed by atoms with Gasteiger partial charge >= 0.3 is 6.36 Å². The van der Waals surface area contributed by atoms with Gasteiger partial charge in [-0.05, 0) is 25.3 Å². The SMILES string of the molecule is CC(C)CCCNCCOC(F)(F)F. The average Bonchev–Trinajstić information content (AvgIpc) is 2.00. The predicted molar refractivity (Wildman–Crippen MR) is 48.9 cm³/mol. The normalized spacial score (nSPS) is 12.4. The van der Waals surface area contributed by atoms with E-state index >= 15 is 0 Å². The van der Waals surface area contributed by atoms with Gasteiger partial charge in [0.15, 0.2) is 0 Å². The van der Waals surface area contributed by atoms with Crippen LogP contribution in [0.25, 0.3) is 0 Å². The quantitative estimate of drug-likeness (QED) is 0.656. The molecule has 0 aliphatic rings. The molecule has 0 aromatic carbocycles. The summed E-state index contributed by atoms with van der Waals surface area (Å²) in [6.45, 7) is 4.92. The highest BCUT2D eigenvalue weighted by molar-refractivity contribution is 4.50. The molecule has 2 nitrogen and oxygen atoms in total. The van der Waals surface area contributed by atoms with Gasteiger partial charge in [0, 0.05) is 6.54 Å². The fraction of sp³-hybridized carbons (Fsp3) is 1.00. The molecule has 1 N–H and O–H groups in total. The molecule has 0 aliphatic carbocycles. The van der Waals surface area contributed by atoms with Crippen molar-refractivity contribution in [2.24, 2.45) is 5.92 Å². The molecule has 0 rings (SSSR count). The minimum Gasteiger partial charge on any atom is -0.314 e. The largest absolute Gasteiger partial charge is 0.522 e. The number of hydrogen-bond donors (Lipinski definition) is 1. The Balaban J connectivity index is 3.07. The fourth-order valence-corrected chi connectivity index (χ4v) is 0.999. The first-order valence-corrected chi connectivity index (χ1v) is 4.83. The molecule has 5 heteroatoms. The van der Waals surface area contributed by atoms with Crippen LogP contribution in [0.4, 0.5) is 13.2 Å². The Hall–Kier alpha value is -0.290. The number of hydrogen-bond acceptors (Lipinski definition) is 2. The summed E-state index contributed by atoms with van der Waals surface area (Å²) in [6, 6.07) is 0. The van der Waals surface area contributed by atoms with E-state index in [1.54, 1.807) is 0 Å². The average molecular weight is 213 g/mol. The Morgan fingerprint density at radius 2 is 1.86 bits per heavy atom. The van der Waals surface area contributed by atoms with Crippen molar-refractivity contribution in [2.75, 3.05) is 19.7 Å². The molecular formula is C9H18F3NO. The molecule has 0 saturated heterocycles. The zero-order valence-corrected chi connectivity index (χ0v) is 8.66. The van der Waals surface area contributed by atoms with E-state index < -0.39 is 6.36 Å². The van der Waals surface area contributed by atoms with Crippen molar-refractivity contribution in [1.82, 2.24) is 5.32 Å². The van der Waals surface area contributed by atoms with Crippen LogP contribution in [0.2, 0.25) is 0 Å². The van der Waals surface area contributed by atoms with Crippen LogP contribution in [0.1, 0.15) is 26.7 Å². The molecule has 0 unspecified atom stereocenters. The van der Waals surface area contributed by atoms with Crippen LogP contribution in [-0.4, -0.2) is 26.1 Å². The lowest BCUT2D eigenvalue weighted by Crippen LogP contribution is -2.25. The van der Waals surface area contributed by atoms with Gasteiger partial charge in [0.25, 0.3) is 0 Å². The zero-order chi connectivity index (χ0) is 11.0. The van der Waals surface area contributed by atoms with Crippen molar-refractivity contribution in [3.8, 4) is 0 Å². The summed E-state index contributed by atoms with van der Waals surface area (Å²) >= 11 is 0. The highest BCUT2D eigenvalue weighted by atomic mass is 19.4. The van der Waals surface area contributed by atoms with Gasteiger partial charge in [-0.2, -0.15) is 0 Å². The van der Waals surface area contributed by atoms with Crippen molar-refractivity contribution in [3.63, 3.8) is 0 Å². The zero-order valence-electron chi connectivity index (χ0n) is 8.66. The molecule has 0 amide bonds. The van der Waals surface area contributed by atoms with Crippen LogP contribution in [0.3, 0.4) is 0 Å². The fourth-order valence-electron chi connectivity index (χ4n) is 0.999. The third-order valence-corrected chi connectivity index (χ3v) is 1.68. The van der Waals surface area contributed by atoms with Crippen LogP contribution in [0.15, 0.2) is 0 Å². The lowest BCUT2D eigenvalue weighted by atomic mass is 10.1. The van der Waals surface area contributed by atoms with Crippen molar-refractivity contribution >= 4 is 0 Å². The summed E-state index contributed by atoms with van der Waals surface area (Å²) in [5.74, 6) is 0.642. The molecule has 0 radical (unpaired) electrons. The molecule has 0 heterocycles. The molecule has 14 heavy (non-hydrogen) atoms. The van der Waals surface area contributed by atoms with E-state index in [4.69, 9.17) is 0 Å². The van der Waals surface area contributed by atoms with Crippen LogP contribution < -0.4 is 5.32 Å². The van der Waals surface area contributed by atoms with Crippen molar-refractivity contribution in [2.45, 2.75) is 33.1 Å². The summed E-state index contributed by atoms with van der Waals surface area (Å²) in [6.07, 6.45) is -2.42. The summed E-state index contributed by atoms with van der Waals surface area (Å²) in [5, 5.41) is 2.89. The smallest absolute Gasteiger partial charge is 0.314 e.